The van der Waals surface area contributed by atoms with E-state index in [0.717, 1.165) is 24.2 Å². The predicted molar refractivity (Wildman–Crippen MR) is 92.1 cm³/mol. The van der Waals surface area contributed by atoms with Crippen LogP contribution in [-0.4, -0.2) is 20.1 Å². The van der Waals surface area contributed by atoms with Crippen LogP contribution >= 0.6 is 0 Å². The van der Waals surface area contributed by atoms with Crippen molar-refractivity contribution in [3.05, 3.63) is 58.7 Å². The van der Waals surface area contributed by atoms with E-state index in [0.29, 0.717) is 18.0 Å². The standard InChI is InChI=1S/C19H22N2O3/c1-23-17-4-3-5-18(24-2)16(17)9-19(22)21-10-13-6-7-14-11-20-12-15(14)8-13/h3-8,20H,9-12H2,1-2H3,(H,21,22). The van der Waals surface area contributed by atoms with Gasteiger partial charge in [-0.15, -0.1) is 0 Å². The first kappa shape index (κ1) is 16.3. The van der Waals surface area contributed by atoms with Gasteiger partial charge in [0.15, 0.2) is 0 Å². The van der Waals surface area contributed by atoms with E-state index in [1.807, 2.05) is 18.2 Å². The second-order valence-electron chi connectivity index (χ2n) is 5.80. The number of hydrogen-bond donors (Lipinski definition) is 2. The molecular formula is C19H22N2O3. The molecule has 1 heterocycles. The lowest BCUT2D eigenvalue weighted by Gasteiger charge is -2.13. The van der Waals surface area contributed by atoms with Gasteiger partial charge in [-0.2, -0.15) is 0 Å². The van der Waals surface area contributed by atoms with Crippen LogP contribution in [0.1, 0.15) is 22.3 Å². The Hall–Kier alpha value is -2.53. The third-order valence-electron chi connectivity index (χ3n) is 4.26. The topological polar surface area (TPSA) is 59.6 Å². The maximum Gasteiger partial charge on any atom is 0.224 e. The first-order valence-electron chi connectivity index (χ1n) is 7.99. The lowest BCUT2D eigenvalue weighted by atomic mass is 10.1. The minimum absolute atomic E-state index is 0.0589. The predicted octanol–water partition coefficient (Wildman–Crippen LogP) is 2.17. The van der Waals surface area contributed by atoms with Crippen LogP contribution in [0.2, 0.25) is 0 Å². The SMILES string of the molecule is COc1cccc(OC)c1CC(=O)NCc1ccc2c(c1)CNC2. The second-order valence-corrected chi connectivity index (χ2v) is 5.80. The Morgan fingerprint density at radius 1 is 1.08 bits per heavy atom. The van der Waals surface area contributed by atoms with Crippen LogP contribution in [0.5, 0.6) is 11.5 Å². The highest BCUT2D eigenvalue weighted by Crippen LogP contribution is 2.28. The molecule has 1 aliphatic rings. The first-order valence-corrected chi connectivity index (χ1v) is 7.99. The van der Waals surface area contributed by atoms with E-state index in [2.05, 4.69) is 28.8 Å². The van der Waals surface area contributed by atoms with Crippen LogP contribution in [0.15, 0.2) is 36.4 Å². The molecule has 0 aliphatic carbocycles. The van der Waals surface area contributed by atoms with Crippen molar-refractivity contribution in [2.45, 2.75) is 26.1 Å². The Balaban J connectivity index is 1.64. The highest BCUT2D eigenvalue weighted by atomic mass is 16.5. The molecule has 126 valence electrons. The molecule has 24 heavy (non-hydrogen) atoms. The van der Waals surface area contributed by atoms with E-state index in [1.165, 1.54) is 11.1 Å². The molecule has 0 spiro atoms. The number of ether oxygens (including phenoxy) is 2. The summed E-state index contributed by atoms with van der Waals surface area (Å²) in [7, 11) is 3.18. The van der Waals surface area contributed by atoms with Crippen LogP contribution in [-0.2, 0) is 30.8 Å². The van der Waals surface area contributed by atoms with Crippen molar-refractivity contribution in [2.75, 3.05) is 14.2 Å². The smallest absolute Gasteiger partial charge is 0.224 e. The third kappa shape index (κ3) is 3.51. The van der Waals surface area contributed by atoms with Gasteiger partial charge in [0.25, 0.3) is 0 Å². The van der Waals surface area contributed by atoms with E-state index >= 15 is 0 Å². The Labute approximate surface area is 142 Å². The molecule has 0 atom stereocenters. The molecule has 2 N–H and O–H groups in total. The zero-order chi connectivity index (χ0) is 16.9. The van der Waals surface area contributed by atoms with Gasteiger partial charge in [-0.3, -0.25) is 4.79 Å². The minimum Gasteiger partial charge on any atom is -0.496 e. The fourth-order valence-electron chi connectivity index (χ4n) is 2.98. The van der Waals surface area contributed by atoms with Crippen molar-refractivity contribution < 1.29 is 14.3 Å². The Morgan fingerprint density at radius 3 is 2.50 bits per heavy atom. The molecule has 0 radical (unpaired) electrons. The number of carbonyl (C=O) groups is 1. The maximum atomic E-state index is 12.3. The normalized spacial score (nSPS) is 12.6. The zero-order valence-corrected chi connectivity index (χ0v) is 14.0. The van der Waals surface area contributed by atoms with Crippen molar-refractivity contribution in [1.82, 2.24) is 10.6 Å². The van der Waals surface area contributed by atoms with Gasteiger partial charge in [0, 0.05) is 25.2 Å². The van der Waals surface area contributed by atoms with Gasteiger partial charge in [-0.25, -0.2) is 0 Å². The first-order chi connectivity index (χ1) is 11.7. The fourth-order valence-corrected chi connectivity index (χ4v) is 2.98. The van der Waals surface area contributed by atoms with Gasteiger partial charge in [0.2, 0.25) is 5.91 Å². The van der Waals surface area contributed by atoms with Crippen molar-refractivity contribution >= 4 is 5.91 Å². The number of fused-ring (bicyclic) bond motifs is 1. The highest BCUT2D eigenvalue weighted by molar-refractivity contribution is 5.80. The van der Waals surface area contributed by atoms with E-state index in [4.69, 9.17) is 9.47 Å². The lowest BCUT2D eigenvalue weighted by Crippen LogP contribution is -2.25. The van der Waals surface area contributed by atoms with Gasteiger partial charge >= 0.3 is 0 Å². The number of methoxy groups -OCH3 is 2. The average Bonchev–Trinajstić information content (AvgIpc) is 3.07. The molecule has 5 nitrogen and oxygen atoms in total. The summed E-state index contributed by atoms with van der Waals surface area (Å²) < 4.78 is 10.7. The van der Waals surface area contributed by atoms with E-state index in [1.54, 1.807) is 14.2 Å². The number of nitrogens with one attached hydrogen (secondary N) is 2. The summed E-state index contributed by atoms with van der Waals surface area (Å²) in [6.07, 6.45) is 0.222. The molecule has 1 amide bonds. The number of hydrogen-bond acceptors (Lipinski definition) is 4. The van der Waals surface area contributed by atoms with Crippen LogP contribution < -0.4 is 20.1 Å². The Morgan fingerprint density at radius 2 is 1.79 bits per heavy atom. The summed E-state index contributed by atoms with van der Waals surface area (Å²) in [5.74, 6) is 1.26. The van der Waals surface area contributed by atoms with E-state index in [-0.39, 0.29) is 12.3 Å². The van der Waals surface area contributed by atoms with Crippen molar-refractivity contribution in [3.63, 3.8) is 0 Å². The third-order valence-corrected chi connectivity index (χ3v) is 4.26. The van der Waals surface area contributed by atoms with Gasteiger partial charge in [-0.05, 0) is 28.8 Å². The molecule has 0 fully saturated rings. The average molecular weight is 326 g/mol. The molecule has 2 aromatic carbocycles. The second kappa shape index (κ2) is 7.36. The van der Waals surface area contributed by atoms with Crippen molar-refractivity contribution in [1.29, 1.82) is 0 Å². The minimum atomic E-state index is -0.0589. The van der Waals surface area contributed by atoms with Gasteiger partial charge in [-0.1, -0.05) is 24.3 Å². The number of amides is 1. The summed E-state index contributed by atoms with van der Waals surface area (Å²) in [5.41, 5.74) is 4.52. The van der Waals surface area contributed by atoms with E-state index < -0.39 is 0 Å². The molecule has 0 saturated carbocycles. The molecule has 2 aromatic rings. The van der Waals surface area contributed by atoms with Crippen molar-refractivity contribution in [3.8, 4) is 11.5 Å². The van der Waals surface area contributed by atoms with Gasteiger partial charge < -0.3 is 20.1 Å². The molecule has 0 unspecified atom stereocenters. The monoisotopic (exact) mass is 326 g/mol. The summed E-state index contributed by atoms with van der Waals surface area (Å²) >= 11 is 0. The number of carbonyl (C=O) groups excluding carboxylic acids is 1. The summed E-state index contributed by atoms with van der Waals surface area (Å²) in [5, 5.41) is 6.29. The Kier molecular flexibility index (Phi) is 5.01. The molecule has 3 rings (SSSR count). The molecule has 0 bridgehead atoms. The van der Waals surface area contributed by atoms with Crippen LogP contribution in [0.3, 0.4) is 0 Å². The number of rotatable bonds is 6. The number of benzene rings is 2. The van der Waals surface area contributed by atoms with Crippen molar-refractivity contribution in [2.24, 2.45) is 0 Å². The quantitative estimate of drug-likeness (QED) is 0.854. The summed E-state index contributed by atoms with van der Waals surface area (Å²) in [6.45, 7) is 2.34. The lowest BCUT2D eigenvalue weighted by molar-refractivity contribution is -0.120. The molecule has 5 heteroatoms. The van der Waals surface area contributed by atoms with Gasteiger partial charge in [0.1, 0.15) is 11.5 Å². The van der Waals surface area contributed by atoms with Crippen LogP contribution in [0.4, 0.5) is 0 Å². The maximum absolute atomic E-state index is 12.3. The molecule has 0 saturated heterocycles. The van der Waals surface area contributed by atoms with E-state index in [9.17, 15) is 4.79 Å². The van der Waals surface area contributed by atoms with Gasteiger partial charge in [0.05, 0.1) is 20.6 Å². The highest BCUT2D eigenvalue weighted by Gasteiger charge is 2.14. The fraction of sp³-hybridized carbons (Fsp3) is 0.316. The largest absolute Gasteiger partial charge is 0.496 e. The molecule has 1 aliphatic heterocycles. The molecule has 0 aromatic heterocycles. The van der Waals surface area contributed by atoms with Crippen LogP contribution in [0, 0.1) is 0 Å². The van der Waals surface area contributed by atoms with Crippen LogP contribution in [0.25, 0.3) is 0 Å². The summed E-state index contributed by atoms with van der Waals surface area (Å²) in [4.78, 5) is 12.3. The Bertz CT molecular complexity index is 721. The zero-order valence-electron chi connectivity index (χ0n) is 14.0. The summed E-state index contributed by atoms with van der Waals surface area (Å²) in [6, 6.07) is 11.9. The molecular weight excluding hydrogens is 304 g/mol.